The molecule has 4 nitrogen and oxygen atoms in total. The average Bonchev–Trinajstić information content (AvgIpc) is 2.89. The summed E-state index contributed by atoms with van der Waals surface area (Å²) in [7, 11) is 2.18. The first-order valence-corrected chi connectivity index (χ1v) is 7.16. The standard InChI is InChI=1S/C16H20N4/c1-18-6-8-19(9-7-18)10-11-20-5-4-15-12-14(13-17)2-3-16(15)20/h2-5,12H,6-11H2,1H3. The van der Waals surface area contributed by atoms with Crippen molar-refractivity contribution >= 4 is 10.9 Å². The molecule has 2 aromatic rings. The van der Waals surface area contributed by atoms with E-state index in [0.717, 1.165) is 50.2 Å². The molecule has 0 saturated carbocycles. The number of likely N-dealkylation sites (N-methyl/N-ethyl adjacent to an activating group) is 1. The maximum atomic E-state index is 8.93. The number of hydrogen-bond acceptors (Lipinski definition) is 3. The van der Waals surface area contributed by atoms with Crippen LogP contribution < -0.4 is 0 Å². The van der Waals surface area contributed by atoms with Gasteiger partial charge in [-0.15, -0.1) is 0 Å². The monoisotopic (exact) mass is 268 g/mol. The van der Waals surface area contributed by atoms with Crippen molar-refractivity contribution in [2.24, 2.45) is 0 Å². The van der Waals surface area contributed by atoms with Crippen molar-refractivity contribution < 1.29 is 0 Å². The molecule has 0 bridgehead atoms. The molecular weight excluding hydrogens is 248 g/mol. The maximum Gasteiger partial charge on any atom is 0.0991 e. The highest BCUT2D eigenvalue weighted by Crippen LogP contribution is 2.17. The maximum absolute atomic E-state index is 8.93. The van der Waals surface area contributed by atoms with Gasteiger partial charge in [-0.25, -0.2) is 0 Å². The highest BCUT2D eigenvalue weighted by atomic mass is 15.2. The van der Waals surface area contributed by atoms with Gasteiger partial charge in [-0.05, 0) is 31.3 Å². The molecule has 1 aliphatic heterocycles. The van der Waals surface area contributed by atoms with Crippen LogP contribution in [0.25, 0.3) is 10.9 Å². The van der Waals surface area contributed by atoms with Gasteiger partial charge in [0.1, 0.15) is 0 Å². The highest BCUT2D eigenvalue weighted by Gasteiger charge is 2.13. The van der Waals surface area contributed by atoms with E-state index in [9.17, 15) is 0 Å². The van der Waals surface area contributed by atoms with Crippen molar-refractivity contribution in [3.63, 3.8) is 0 Å². The molecule has 0 aliphatic carbocycles. The van der Waals surface area contributed by atoms with E-state index in [2.05, 4.69) is 45.8 Å². The molecule has 104 valence electrons. The van der Waals surface area contributed by atoms with Crippen LogP contribution in [0.15, 0.2) is 30.5 Å². The van der Waals surface area contributed by atoms with Crippen molar-refractivity contribution in [3.05, 3.63) is 36.0 Å². The molecule has 0 unspecified atom stereocenters. The first kappa shape index (κ1) is 13.2. The molecule has 0 amide bonds. The lowest BCUT2D eigenvalue weighted by molar-refractivity contribution is 0.150. The Morgan fingerprint density at radius 3 is 2.65 bits per heavy atom. The van der Waals surface area contributed by atoms with Gasteiger partial charge in [-0.2, -0.15) is 5.26 Å². The van der Waals surface area contributed by atoms with Crippen molar-refractivity contribution in [1.29, 1.82) is 5.26 Å². The van der Waals surface area contributed by atoms with Gasteiger partial charge in [-0.3, -0.25) is 4.90 Å². The predicted molar refractivity (Wildman–Crippen MR) is 80.6 cm³/mol. The van der Waals surface area contributed by atoms with Gasteiger partial charge in [0, 0.05) is 56.4 Å². The minimum absolute atomic E-state index is 0.731. The van der Waals surface area contributed by atoms with Crippen molar-refractivity contribution in [1.82, 2.24) is 14.4 Å². The summed E-state index contributed by atoms with van der Waals surface area (Å²) in [5.74, 6) is 0. The third kappa shape index (κ3) is 2.69. The second-order valence-corrected chi connectivity index (χ2v) is 5.54. The molecule has 3 rings (SSSR count). The number of rotatable bonds is 3. The number of piperazine rings is 1. The van der Waals surface area contributed by atoms with Crippen LogP contribution in [0.1, 0.15) is 5.56 Å². The molecule has 1 aromatic heterocycles. The molecule has 1 aromatic carbocycles. The summed E-state index contributed by atoms with van der Waals surface area (Å²) in [6, 6.07) is 10.2. The Kier molecular flexibility index (Phi) is 3.72. The molecule has 1 saturated heterocycles. The Morgan fingerprint density at radius 2 is 1.90 bits per heavy atom. The average molecular weight is 268 g/mol. The molecule has 0 N–H and O–H groups in total. The van der Waals surface area contributed by atoms with Gasteiger partial charge in [-0.1, -0.05) is 0 Å². The molecule has 1 aliphatic rings. The fourth-order valence-corrected chi connectivity index (χ4v) is 2.79. The topological polar surface area (TPSA) is 35.2 Å². The zero-order valence-corrected chi connectivity index (χ0v) is 11.9. The third-order valence-electron chi connectivity index (χ3n) is 4.15. The Hall–Kier alpha value is -1.83. The Balaban J connectivity index is 1.67. The van der Waals surface area contributed by atoms with Crippen LogP contribution in [0.4, 0.5) is 0 Å². The summed E-state index contributed by atoms with van der Waals surface area (Å²) in [4.78, 5) is 4.90. The van der Waals surface area contributed by atoms with E-state index < -0.39 is 0 Å². The first-order valence-electron chi connectivity index (χ1n) is 7.16. The van der Waals surface area contributed by atoms with E-state index in [-0.39, 0.29) is 0 Å². The molecule has 0 spiro atoms. The van der Waals surface area contributed by atoms with Crippen LogP contribution in [0, 0.1) is 11.3 Å². The largest absolute Gasteiger partial charge is 0.346 e. The van der Waals surface area contributed by atoms with Gasteiger partial charge in [0.05, 0.1) is 11.6 Å². The summed E-state index contributed by atoms with van der Waals surface area (Å²) < 4.78 is 2.29. The molecule has 0 atom stereocenters. The summed E-state index contributed by atoms with van der Waals surface area (Å²) in [6.07, 6.45) is 2.13. The van der Waals surface area contributed by atoms with Crippen molar-refractivity contribution in [3.8, 4) is 6.07 Å². The Bertz CT molecular complexity index is 629. The number of nitrogens with zero attached hydrogens (tertiary/aromatic N) is 4. The molecule has 2 heterocycles. The number of fused-ring (bicyclic) bond motifs is 1. The summed E-state index contributed by atoms with van der Waals surface area (Å²) in [5.41, 5.74) is 1.95. The first-order chi connectivity index (χ1) is 9.76. The minimum atomic E-state index is 0.731. The van der Waals surface area contributed by atoms with E-state index in [0.29, 0.717) is 0 Å². The van der Waals surface area contributed by atoms with Gasteiger partial charge >= 0.3 is 0 Å². The predicted octanol–water partition coefficient (Wildman–Crippen LogP) is 1.76. The zero-order chi connectivity index (χ0) is 13.9. The van der Waals surface area contributed by atoms with Crippen molar-refractivity contribution in [2.75, 3.05) is 39.8 Å². The SMILES string of the molecule is CN1CCN(CCn2ccc3cc(C#N)ccc32)CC1. The second kappa shape index (κ2) is 5.66. The van der Waals surface area contributed by atoms with Crippen LogP contribution in [-0.4, -0.2) is 54.1 Å². The highest BCUT2D eigenvalue weighted by molar-refractivity contribution is 5.81. The van der Waals surface area contributed by atoms with E-state index >= 15 is 0 Å². The number of benzene rings is 1. The van der Waals surface area contributed by atoms with Gasteiger partial charge in [0.25, 0.3) is 0 Å². The van der Waals surface area contributed by atoms with Crippen LogP contribution >= 0.6 is 0 Å². The van der Waals surface area contributed by atoms with E-state index in [1.54, 1.807) is 0 Å². The van der Waals surface area contributed by atoms with E-state index in [1.807, 2.05) is 12.1 Å². The van der Waals surface area contributed by atoms with E-state index in [4.69, 9.17) is 5.26 Å². The molecule has 4 heteroatoms. The lowest BCUT2D eigenvalue weighted by atomic mass is 10.2. The lowest BCUT2D eigenvalue weighted by Gasteiger charge is -2.32. The number of hydrogen-bond donors (Lipinski definition) is 0. The second-order valence-electron chi connectivity index (χ2n) is 5.54. The fraction of sp³-hybridized carbons (Fsp3) is 0.438. The normalized spacial score (nSPS) is 17.4. The van der Waals surface area contributed by atoms with E-state index in [1.165, 1.54) is 5.52 Å². The number of aromatic nitrogens is 1. The summed E-state index contributed by atoms with van der Waals surface area (Å²) in [5, 5.41) is 10.1. The third-order valence-corrected chi connectivity index (χ3v) is 4.15. The molecule has 1 fully saturated rings. The summed E-state index contributed by atoms with van der Waals surface area (Å²) >= 11 is 0. The van der Waals surface area contributed by atoms with Crippen LogP contribution in [-0.2, 0) is 6.54 Å². The zero-order valence-electron chi connectivity index (χ0n) is 11.9. The Morgan fingerprint density at radius 1 is 1.10 bits per heavy atom. The van der Waals surface area contributed by atoms with Gasteiger partial charge in [0.2, 0.25) is 0 Å². The number of nitriles is 1. The van der Waals surface area contributed by atoms with Gasteiger partial charge < -0.3 is 9.47 Å². The van der Waals surface area contributed by atoms with Crippen LogP contribution in [0.5, 0.6) is 0 Å². The summed E-state index contributed by atoms with van der Waals surface area (Å²) in [6.45, 7) is 6.76. The van der Waals surface area contributed by atoms with Crippen LogP contribution in [0.2, 0.25) is 0 Å². The fourth-order valence-electron chi connectivity index (χ4n) is 2.79. The minimum Gasteiger partial charge on any atom is -0.346 e. The molecule has 0 radical (unpaired) electrons. The molecule has 20 heavy (non-hydrogen) atoms. The lowest BCUT2D eigenvalue weighted by Crippen LogP contribution is -2.45. The smallest absolute Gasteiger partial charge is 0.0991 e. The quantitative estimate of drug-likeness (QED) is 0.851. The van der Waals surface area contributed by atoms with Crippen LogP contribution in [0.3, 0.4) is 0 Å². The Labute approximate surface area is 119 Å². The molecular formula is C16H20N4. The van der Waals surface area contributed by atoms with Gasteiger partial charge in [0.15, 0.2) is 0 Å². The van der Waals surface area contributed by atoms with Crippen molar-refractivity contribution in [2.45, 2.75) is 6.54 Å².